The molecule has 0 aliphatic carbocycles. The zero-order valence-electron chi connectivity index (χ0n) is 15.6. The molecule has 0 spiro atoms. The highest BCUT2D eigenvalue weighted by Crippen LogP contribution is 2.26. The summed E-state index contributed by atoms with van der Waals surface area (Å²) in [4.78, 5) is 26.9. The number of carbonyl (C=O) groups excluding carboxylic acids is 2. The van der Waals surface area contributed by atoms with Crippen LogP contribution in [-0.2, 0) is 9.59 Å². The van der Waals surface area contributed by atoms with Gasteiger partial charge in [-0.3, -0.25) is 9.59 Å². The number of nitrogens with zero attached hydrogens (tertiary/aromatic N) is 1. The Morgan fingerprint density at radius 1 is 1.30 bits per heavy atom. The number of hydrogen-bond acceptors (Lipinski definition) is 5. The smallest absolute Gasteiger partial charge is 0.227 e. The fraction of sp³-hybridized carbons (Fsp3) is 0.579. The molecule has 2 saturated heterocycles. The van der Waals surface area contributed by atoms with Crippen molar-refractivity contribution in [3.63, 3.8) is 0 Å². The van der Waals surface area contributed by atoms with Crippen molar-refractivity contribution in [1.82, 2.24) is 10.2 Å². The predicted octanol–water partition coefficient (Wildman–Crippen LogP) is 2.39. The van der Waals surface area contributed by atoms with E-state index in [2.05, 4.69) is 10.6 Å². The maximum absolute atomic E-state index is 12.5. The van der Waals surface area contributed by atoms with Gasteiger partial charge in [0.1, 0.15) is 5.75 Å². The summed E-state index contributed by atoms with van der Waals surface area (Å²) >= 11 is 1.90. The van der Waals surface area contributed by atoms with Gasteiger partial charge in [0.05, 0.1) is 12.8 Å². The lowest BCUT2D eigenvalue weighted by Gasteiger charge is -2.33. The van der Waals surface area contributed by atoms with Gasteiger partial charge in [-0.25, -0.2) is 0 Å². The van der Waals surface area contributed by atoms with Crippen LogP contribution >= 0.6 is 24.2 Å². The first-order valence-corrected chi connectivity index (χ1v) is 10.4. The van der Waals surface area contributed by atoms with Gasteiger partial charge in [-0.2, -0.15) is 11.8 Å². The van der Waals surface area contributed by atoms with Crippen molar-refractivity contribution < 1.29 is 14.3 Å². The molecule has 2 heterocycles. The standard InChI is InChI=1S/C19H27N3O3S.ClH/c1-25-17-5-3-2-4-16(17)21-19(24)14-6-9-22(10-7-14)18(23)12-15-13-26-11-8-20-15;/h2-5,14-15,20H,6-13H2,1H3,(H,21,24);1H. The molecule has 0 aromatic heterocycles. The maximum atomic E-state index is 12.5. The third-order valence-electron chi connectivity index (χ3n) is 5.00. The van der Waals surface area contributed by atoms with Crippen LogP contribution in [0.4, 0.5) is 5.69 Å². The van der Waals surface area contributed by atoms with Crippen molar-refractivity contribution in [2.24, 2.45) is 5.92 Å². The Hall–Kier alpha value is -1.44. The number of halogens is 1. The van der Waals surface area contributed by atoms with Gasteiger partial charge in [0.2, 0.25) is 11.8 Å². The molecule has 8 heteroatoms. The molecule has 6 nitrogen and oxygen atoms in total. The summed E-state index contributed by atoms with van der Waals surface area (Å²) in [6, 6.07) is 7.70. The number of piperidine rings is 1. The second-order valence-electron chi connectivity index (χ2n) is 6.77. The summed E-state index contributed by atoms with van der Waals surface area (Å²) in [6.07, 6.45) is 1.98. The lowest BCUT2D eigenvalue weighted by atomic mass is 9.95. The van der Waals surface area contributed by atoms with Gasteiger partial charge in [0.25, 0.3) is 0 Å². The maximum Gasteiger partial charge on any atom is 0.227 e. The van der Waals surface area contributed by atoms with Crippen molar-refractivity contribution in [1.29, 1.82) is 0 Å². The average Bonchev–Trinajstić information content (AvgIpc) is 2.69. The zero-order chi connectivity index (χ0) is 18.4. The van der Waals surface area contributed by atoms with E-state index in [1.807, 2.05) is 40.9 Å². The van der Waals surface area contributed by atoms with E-state index < -0.39 is 0 Å². The van der Waals surface area contributed by atoms with Crippen LogP contribution < -0.4 is 15.4 Å². The molecular formula is C19H28ClN3O3S. The Morgan fingerprint density at radius 3 is 2.70 bits per heavy atom. The number of methoxy groups -OCH3 is 1. The third-order valence-corrected chi connectivity index (χ3v) is 6.13. The van der Waals surface area contributed by atoms with E-state index in [9.17, 15) is 9.59 Å². The first kappa shape index (κ1) is 21.9. The molecular weight excluding hydrogens is 386 g/mol. The van der Waals surface area contributed by atoms with Crippen LogP contribution in [0, 0.1) is 5.92 Å². The fourth-order valence-corrected chi connectivity index (χ4v) is 4.41. The number of anilines is 1. The lowest BCUT2D eigenvalue weighted by molar-refractivity contribution is -0.134. The number of likely N-dealkylation sites (tertiary alicyclic amines) is 1. The molecule has 150 valence electrons. The highest BCUT2D eigenvalue weighted by molar-refractivity contribution is 7.99. The number of benzene rings is 1. The minimum Gasteiger partial charge on any atom is -0.495 e. The first-order chi connectivity index (χ1) is 12.7. The summed E-state index contributed by atoms with van der Waals surface area (Å²) in [5, 5.41) is 6.37. The largest absolute Gasteiger partial charge is 0.495 e. The molecule has 0 saturated carbocycles. The van der Waals surface area contributed by atoms with E-state index >= 15 is 0 Å². The Morgan fingerprint density at radius 2 is 2.04 bits per heavy atom. The van der Waals surface area contributed by atoms with Crippen molar-refractivity contribution in [3.8, 4) is 5.75 Å². The number of thioether (sulfide) groups is 1. The first-order valence-electron chi connectivity index (χ1n) is 9.20. The van der Waals surface area contributed by atoms with E-state index in [0.717, 1.165) is 18.1 Å². The van der Waals surface area contributed by atoms with Gasteiger partial charge < -0.3 is 20.3 Å². The van der Waals surface area contributed by atoms with Crippen LogP contribution in [0.3, 0.4) is 0 Å². The molecule has 0 radical (unpaired) electrons. The highest BCUT2D eigenvalue weighted by atomic mass is 35.5. The van der Waals surface area contributed by atoms with Crippen LogP contribution in [-0.4, -0.2) is 61.0 Å². The minimum atomic E-state index is -0.0627. The number of nitrogens with one attached hydrogen (secondary N) is 2. The van der Waals surface area contributed by atoms with E-state index in [1.54, 1.807) is 7.11 Å². The quantitative estimate of drug-likeness (QED) is 0.775. The van der Waals surface area contributed by atoms with E-state index in [4.69, 9.17) is 4.74 Å². The Balaban J connectivity index is 0.00000261. The Bertz CT molecular complexity index is 632. The molecule has 1 unspecified atom stereocenters. The third kappa shape index (κ3) is 6.02. The molecule has 1 aromatic rings. The molecule has 27 heavy (non-hydrogen) atoms. The van der Waals surface area contributed by atoms with Crippen LogP contribution in [0.5, 0.6) is 5.75 Å². The fourth-order valence-electron chi connectivity index (χ4n) is 3.46. The van der Waals surface area contributed by atoms with E-state index in [-0.39, 0.29) is 36.2 Å². The number of hydrogen-bond donors (Lipinski definition) is 2. The highest BCUT2D eigenvalue weighted by Gasteiger charge is 2.29. The SMILES string of the molecule is COc1ccccc1NC(=O)C1CCN(C(=O)CC2CSCCN2)CC1.Cl. The van der Waals surface area contributed by atoms with Crippen LogP contribution in [0.2, 0.25) is 0 Å². The minimum absolute atomic E-state index is 0. The summed E-state index contributed by atoms with van der Waals surface area (Å²) in [5.74, 6) is 2.93. The molecule has 2 aliphatic heterocycles. The second-order valence-corrected chi connectivity index (χ2v) is 7.92. The monoisotopic (exact) mass is 413 g/mol. The molecule has 2 amide bonds. The number of amides is 2. The molecule has 2 aliphatic rings. The van der Waals surface area contributed by atoms with Gasteiger partial charge in [-0.05, 0) is 25.0 Å². The Kier molecular flexibility index (Phi) is 8.73. The van der Waals surface area contributed by atoms with Crippen molar-refractivity contribution in [2.45, 2.75) is 25.3 Å². The van der Waals surface area contributed by atoms with Crippen LogP contribution in [0.1, 0.15) is 19.3 Å². The predicted molar refractivity (Wildman–Crippen MR) is 112 cm³/mol. The summed E-state index contributed by atoms with van der Waals surface area (Å²) in [7, 11) is 1.59. The Labute approximate surface area is 171 Å². The lowest BCUT2D eigenvalue weighted by Crippen LogP contribution is -2.45. The zero-order valence-corrected chi connectivity index (χ0v) is 17.2. The van der Waals surface area contributed by atoms with Crippen molar-refractivity contribution in [3.05, 3.63) is 24.3 Å². The van der Waals surface area contributed by atoms with Crippen molar-refractivity contribution in [2.75, 3.05) is 43.6 Å². The summed E-state index contributed by atoms with van der Waals surface area (Å²) < 4.78 is 5.28. The molecule has 2 fully saturated rings. The summed E-state index contributed by atoms with van der Waals surface area (Å²) in [5.41, 5.74) is 0.694. The molecule has 0 bridgehead atoms. The molecule has 2 N–H and O–H groups in total. The number of carbonyl (C=O) groups is 2. The molecule has 3 rings (SSSR count). The van der Waals surface area contributed by atoms with Gasteiger partial charge in [-0.1, -0.05) is 12.1 Å². The topological polar surface area (TPSA) is 70.7 Å². The van der Waals surface area contributed by atoms with E-state index in [0.29, 0.717) is 43.8 Å². The van der Waals surface area contributed by atoms with Gasteiger partial charge >= 0.3 is 0 Å². The number of rotatable bonds is 5. The van der Waals surface area contributed by atoms with Gasteiger partial charge in [0, 0.05) is 49.5 Å². The van der Waals surface area contributed by atoms with Crippen molar-refractivity contribution >= 4 is 41.7 Å². The molecule has 1 aromatic carbocycles. The van der Waals surface area contributed by atoms with Crippen LogP contribution in [0.25, 0.3) is 0 Å². The normalized spacial score (nSPS) is 20.5. The van der Waals surface area contributed by atoms with Gasteiger partial charge in [0.15, 0.2) is 0 Å². The summed E-state index contributed by atoms with van der Waals surface area (Å²) in [6.45, 7) is 2.29. The second kappa shape index (κ2) is 10.8. The van der Waals surface area contributed by atoms with Gasteiger partial charge in [-0.15, -0.1) is 12.4 Å². The van der Waals surface area contributed by atoms with Crippen LogP contribution in [0.15, 0.2) is 24.3 Å². The number of ether oxygens (including phenoxy) is 1. The average molecular weight is 414 g/mol. The number of para-hydroxylation sites is 2. The molecule has 1 atom stereocenters. The van der Waals surface area contributed by atoms with E-state index in [1.165, 1.54) is 0 Å².